The summed E-state index contributed by atoms with van der Waals surface area (Å²) in [5.74, 6) is -0.554. The molecule has 0 heterocycles. The minimum atomic E-state index is -4.94. The molecular formula is C15H9BrF6O. The molecule has 0 aromatic heterocycles. The fourth-order valence-electron chi connectivity index (χ4n) is 2.02. The predicted octanol–water partition coefficient (Wildman–Crippen LogP) is 6.17. The number of halogens is 7. The Morgan fingerprint density at radius 3 is 2.09 bits per heavy atom. The van der Waals surface area contributed by atoms with Gasteiger partial charge in [0.15, 0.2) is 0 Å². The first kappa shape index (κ1) is 17.7. The van der Waals surface area contributed by atoms with Crippen LogP contribution < -0.4 is 4.74 Å². The van der Waals surface area contributed by atoms with Crippen LogP contribution in [0.3, 0.4) is 0 Å². The van der Waals surface area contributed by atoms with Crippen LogP contribution in [0.25, 0.3) is 11.1 Å². The second-order valence-corrected chi connectivity index (χ2v) is 5.11. The standard InChI is InChI=1S/C15H9BrF6O/c16-8-9-5-6-10(14(17,18)19)7-12(9)11-3-1-2-4-13(11)23-15(20,21)22/h1-7H,8H2. The van der Waals surface area contributed by atoms with Crippen LogP contribution >= 0.6 is 15.9 Å². The second kappa shape index (κ2) is 6.43. The summed E-state index contributed by atoms with van der Waals surface area (Å²) < 4.78 is 79.9. The Morgan fingerprint density at radius 2 is 1.52 bits per heavy atom. The van der Waals surface area contributed by atoms with Gasteiger partial charge < -0.3 is 4.74 Å². The van der Waals surface area contributed by atoms with Crippen molar-refractivity contribution < 1.29 is 31.1 Å². The van der Waals surface area contributed by atoms with Crippen LogP contribution in [0.2, 0.25) is 0 Å². The summed E-state index contributed by atoms with van der Waals surface area (Å²) in [4.78, 5) is 0. The van der Waals surface area contributed by atoms with Gasteiger partial charge in [0.2, 0.25) is 0 Å². The van der Waals surface area contributed by atoms with Crippen molar-refractivity contribution in [3.05, 3.63) is 53.6 Å². The quantitative estimate of drug-likeness (QED) is 0.444. The van der Waals surface area contributed by atoms with Crippen molar-refractivity contribution in [2.45, 2.75) is 17.9 Å². The van der Waals surface area contributed by atoms with E-state index in [-0.39, 0.29) is 16.5 Å². The minimum absolute atomic E-state index is 0.0246. The molecule has 124 valence electrons. The second-order valence-electron chi connectivity index (χ2n) is 4.55. The van der Waals surface area contributed by atoms with Crippen molar-refractivity contribution in [3.8, 4) is 16.9 Å². The van der Waals surface area contributed by atoms with E-state index in [2.05, 4.69) is 20.7 Å². The Labute approximate surface area is 136 Å². The summed E-state index contributed by atoms with van der Waals surface area (Å²) in [5.41, 5.74) is -0.572. The molecular weight excluding hydrogens is 390 g/mol. The minimum Gasteiger partial charge on any atom is -0.405 e. The number of hydrogen-bond donors (Lipinski definition) is 0. The van der Waals surface area contributed by atoms with Crippen LogP contribution in [-0.4, -0.2) is 6.36 Å². The monoisotopic (exact) mass is 398 g/mol. The molecule has 0 amide bonds. The highest BCUT2D eigenvalue weighted by Crippen LogP contribution is 2.39. The van der Waals surface area contributed by atoms with Crippen LogP contribution in [0.15, 0.2) is 42.5 Å². The van der Waals surface area contributed by atoms with Gasteiger partial charge in [-0.15, -0.1) is 13.2 Å². The number of rotatable bonds is 3. The van der Waals surface area contributed by atoms with Gasteiger partial charge in [-0.25, -0.2) is 0 Å². The van der Waals surface area contributed by atoms with E-state index >= 15 is 0 Å². The maximum absolute atomic E-state index is 12.9. The highest BCUT2D eigenvalue weighted by molar-refractivity contribution is 9.08. The van der Waals surface area contributed by atoms with Crippen molar-refractivity contribution in [2.24, 2.45) is 0 Å². The molecule has 0 radical (unpaired) electrons. The summed E-state index contributed by atoms with van der Waals surface area (Å²) in [7, 11) is 0. The van der Waals surface area contributed by atoms with E-state index in [1.807, 2.05) is 0 Å². The topological polar surface area (TPSA) is 9.23 Å². The van der Waals surface area contributed by atoms with Gasteiger partial charge in [-0.3, -0.25) is 0 Å². The molecule has 1 nitrogen and oxygen atoms in total. The van der Waals surface area contributed by atoms with Crippen LogP contribution in [0.5, 0.6) is 5.75 Å². The maximum atomic E-state index is 12.9. The summed E-state index contributed by atoms with van der Waals surface area (Å²) >= 11 is 3.12. The third-order valence-electron chi connectivity index (χ3n) is 2.98. The highest BCUT2D eigenvalue weighted by Gasteiger charge is 2.34. The molecule has 0 saturated carbocycles. The molecule has 0 unspecified atom stereocenters. The van der Waals surface area contributed by atoms with E-state index in [1.165, 1.54) is 24.3 Å². The molecule has 0 aliphatic rings. The number of ether oxygens (including phenoxy) is 1. The Balaban J connectivity index is 2.61. The molecule has 2 aromatic rings. The first-order valence-electron chi connectivity index (χ1n) is 6.23. The summed E-state index contributed by atoms with van der Waals surface area (Å²) in [6.45, 7) is 0. The molecule has 0 aliphatic heterocycles. The van der Waals surface area contributed by atoms with Gasteiger partial charge in [0, 0.05) is 10.9 Å². The average Bonchev–Trinajstić information content (AvgIpc) is 2.44. The lowest BCUT2D eigenvalue weighted by molar-refractivity contribution is -0.274. The SMILES string of the molecule is FC(F)(F)Oc1ccccc1-c1cc(C(F)(F)F)ccc1CBr. The molecule has 0 bridgehead atoms. The van der Waals surface area contributed by atoms with E-state index < -0.39 is 23.9 Å². The molecule has 2 rings (SSSR count). The zero-order valence-electron chi connectivity index (χ0n) is 11.3. The van der Waals surface area contributed by atoms with Gasteiger partial charge >= 0.3 is 12.5 Å². The summed E-state index contributed by atoms with van der Waals surface area (Å²) in [5, 5.41) is 0.181. The lowest BCUT2D eigenvalue weighted by Gasteiger charge is -2.17. The molecule has 0 aliphatic carbocycles. The molecule has 0 N–H and O–H groups in total. The molecule has 0 fully saturated rings. The van der Waals surface area contributed by atoms with E-state index in [0.717, 1.165) is 18.2 Å². The van der Waals surface area contributed by atoms with Gasteiger partial charge in [-0.1, -0.05) is 40.2 Å². The van der Waals surface area contributed by atoms with Gasteiger partial charge in [-0.2, -0.15) is 13.2 Å². The number of alkyl halides is 7. The Kier molecular flexibility index (Phi) is 4.93. The summed E-state index contributed by atoms with van der Waals surface area (Å²) in [6.07, 6.45) is -9.54. The fourth-order valence-corrected chi connectivity index (χ4v) is 2.51. The Morgan fingerprint density at radius 1 is 0.870 bits per heavy atom. The third-order valence-corrected chi connectivity index (χ3v) is 3.59. The normalized spacial score (nSPS) is 12.3. The van der Waals surface area contributed by atoms with E-state index in [4.69, 9.17) is 0 Å². The lowest BCUT2D eigenvalue weighted by atomic mass is 9.97. The molecule has 2 aromatic carbocycles. The average molecular weight is 399 g/mol. The molecule has 23 heavy (non-hydrogen) atoms. The van der Waals surface area contributed by atoms with Crippen molar-refractivity contribution in [1.82, 2.24) is 0 Å². The van der Waals surface area contributed by atoms with Crippen molar-refractivity contribution >= 4 is 15.9 Å². The van der Waals surface area contributed by atoms with Crippen LogP contribution in [0, 0.1) is 0 Å². The molecule has 0 spiro atoms. The Bertz CT molecular complexity index is 693. The van der Waals surface area contributed by atoms with Crippen LogP contribution in [-0.2, 0) is 11.5 Å². The smallest absolute Gasteiger partial charge is 0.405 e. The molecule has 0 saturated heterocycles. The van der Waals surface area contributed by atoms with Gasteiger partial charge in [0.25, 0.3) is 0 Å². The number of hydrogen-bond acceptors (Lipinski definition) is 1. The Hall–Kier alpha value is -1.70. The number of benzene rings is 2. The summed E-state index contributed by atoms with van der Waals surface area (Å²) in [6, 6.07) is 7.99. The van der Waals surface area contributed by atoms with E-state index in [0.29, 0.717) is 5.56 Å². The zero-order valence-corrected chi connectivity index (χ0v) is 12.9. The highest BCUT2D eigenvalue weighted by atomic mass is 79.9. The molecule has 8 heteroatoms. The third kappa shape index (κ3) is 4.40. The number of para-hydroxylation sites is 1. The van der Waals surface area contributed by atoms with Gasteiger partial charge in [-0.05, 0) is 29.3 Å². The zero-order chi connectivity index (χ0) is 17.3. The van der Waals surface area contributed by atoms with E-state index in [1.54, 1.807) is 0 Å². The van der Waals surface area contributed by atoms with Crippen molar-refractivity contribution in [3.63, 3.8) is 0 Å². The van der Waals surface area contributed by atoms with Crippen LogP contribution in [0.1, 0.15) is 11.1 Å². The fraction of sp³-hybridized carbons (Fsp3) is 0.200. The predicted molar refractivity (Wildman–Crippen MR) is 76.2 cm³/mol. The van der Waals surface area contributed by atoms with E-state index in [9.17, 15) is 26.3 Å². The van der Waals surface area contributed by atoms with Gasteiger partial charge in [0.05, 0.1) is 5.56 Å². The van der Waals surface area contributed by atoms with Crippen molar-refractivity contribution in [1.29, 1.82) is 0 Å². The largest absolute Gasteiger partial charge is 0.573 e. The first-order chi connectivity index (χ1) is 10.6. The van der Waals surface area contributed by atoms with Crippen LogP contribution in [0.4, 0.5) is 26.3 Å². The molecule has 0 atom stereocenters. The maximum Gasteiger partial charge on any atom is 0.573 e. The first-order valence-corrected chi connectivity index (χ1v) is 7.35. The lowest BCUT2D eigenvalue weighted by Crippen LogP contribution is -2.17. The van der Waals surface area contributed by atoms with Gasteiger partial charge in [0.1, 0.15) is 5.75 Å². The van der Waals surface area contributed by atoms with Crippen molar-refractivity contribution in [2.75, 3.05) is 0 Å².